The maximum Gasteiger partial charge on any atom is 0.252 e. The summed E-state index contributed by atoms with van der Waals surface area (Å²) in [6, 6.07) is 4.82. The van der Waals surface area contributed by atoms with Gasteiger partial charge < -0.3 is 10.5 Å². The van der Waals surface area contributed by atoms with Crippen LogP contribution >= 0.6 is 0 Å². The highest BCUT2D eigenvalue weighted by Gasteiger charge is 2.14. The van der Waals surface area contributed by atoms with Crippen LogP contribution in [-0.4, -0.2) is 17.0 Å². The van der Waals surface area contributed by atoms with Gasteiger partial charge >= 0.3 is 0 Å². The standard InChI is InChI=1S/C13H13N3O3/c1-7(2)19-11-6-9-8(5-10(11)12(14)17)3-4-15-13(9)16-18/h3-7H,1-2H3,(H2,14,17). The first-order valence-corrected chi connectivity index (χ1v) is 5.75. The Labute approximate surface area is 109 Å². The zero-order chi connectivity index (χ0) is 14.0. The first kappa shape index (κ1) is 12.9. The van der Waals surface area contributed by atoms with Crippen molar-refractivity contribution < 1.29 is 9.53 Å². The van der Waals surface area contributed by atoms with Gasteiger partial charge in [0.15, 0.2) is 0 Å². The van der Waals surface area contributed by atoms with Crippen molar-refractivity contribution in [3.8, 4) is 5.75 Å². The quantitative estimate of drug-likeness (QED) is 0.853. The van der Waals surface area contributed by atoms with E-state index < -0.39 is 5.91 Å². The normalized spacial score (nSPS) is 10.7. The number of hydrogen-bond donors (Lipinski definition) is 1. The number of hydrogen-bond acceptors (Lipinski definition) is 5. The zero-order valence-corrected chi connectivity index (χ0v) is 10.6. The summed E-state index contributed by atoms with van der Waals surface area (Å²) < 4.78 is 5.54. The van der Waals surface area contributed by atoms with Crippen molar-refractivity contribution >= 4 is 22.5 Å². The van der Waals surface area contributed by atoms with Gasteiger partial charge in [0.1, 0.15) is 5.75 Å². The van der Waals surface area contributed by atoms with Crippen molar-refractivity contribution in [1.82, 2.24) is 4.98 Å². The summed E-state index contributed by atoms with van der Waals surface area (Å²) in [6.07, 6.45) is 1.33. The molecular formula is C13H13N3O3. The highest BCUT2D eigenvalue weighted by Crippen LogP contribution is 2.31. The van der Waals surface area contributed by atoms with Crippen LogP contribution in [0, 0.1) is 4.91 Å². The molecule has 1 heterocycles. The molecule has 0 aliphatic heterocycles. The molecule has 98 valence electrons. The molecular weight excluding hydrogens is 246 g/mol. The number of amides is 1. The summed E-state index contributed by atoms with van der Waals surface area (Å²) in [5.74, 6) is -0.204. The van der Waals surface area contributed by atoms with Crippen LogP contribution in [0.15, 0.2) is 29.6 Å². The van der Waals surface area contributed by atoms with Gasteiger partial charge in [0.25, 0.3) is 5.91 Å². The monoisotopic (exact) mass is 259 g/mol. The summed E-state index contributed by atoms with van der Waals surface area (Å²) >= 11 is 0. The fourth-order valence-corrected chi connectivity index (χ4v) is 1.80. The van der Waals surface area contributed by atoms with E-state index in [1.165, 1.54) is 6.20 Å². The number of carbonyl (C=O) groups excluding carboxylic acids is 1. The number of pyridine rings is 1. The molecule has 1 aromatic heterocycles. The molecule has 6 heteroatoms. The van der Waals surface area contributed by atoms with E-state index in [0.717, 1.165) is 0 Å². The molecule has 1 amide bonds. The minimum Gasteiger partial charge on any atom is -0.490 e. The van der Waals surface area contributed by atoms with Crippen LogP contribution < -0.4 is 10.5 Å². The number of aromatic nitrogens is 1. The minimum absolute atomic E-state index is 0.0575. The van der Waals surface area contributed by atoms with Gasteiger partial charge in [-0.25, -0.2) is 4.98 Å². The molecule has 0 unspecified atom stereocenters. The fourth-order valence-electron chi connectivity index (χ4n) is 1.80. The van der Waals surface area contributed by atoms with Gasteiger partial charge in [0, 0.05) is 11.6 Å². The fraction of sp³-hybridized carbons (Fsp3) is 0.231. The summed E-state index contributed by atoms with van der Waals surface area (Å²) in [4.78, 5) is 26.0. The van der Waals surface area contributed by atoms with Crippen LogP contribution in [-0.2, 0) is 0 Å². The van der Waals surface area contributed by atoms with E-state index in [2.05, 4.69) is 10.2 Å². The molecule has 2 aromatic rings. The van der Waals surface area contributed by atoms with E-state index in [1.807, 2.05) is 13.8 Å². The average Bonchev–Trinajstić information content (AvgIpc) is 2.36. The maximum atomic E-state index is 11.4. The number of primary amides is 1. The number of rotatable bonds is 4. The largest absolute Gasteiger partial charge is 0.490 e. The lowest BCUT2D eigenvalue weighted by Crippen LogP contribution is -2.15. The summed E-state index contributed by atoms with van der Waals surface area (Å²) in [5, 5.41) is 4.05. The molecule has 0 radical (unpaired) electrons. The van der Waals surface area contributed by atoms with Crippen LogP contribution in [0.4, 0.5) is 5.82 Å². The number of carbonyl (C=O) groups is 1. The summed E-state index contributed by atoms with van der Waals surface area (Å²) in [7, 11) is 0. The lowest BCUT2D eigenvalue weighted by molar-refractivity contribution is 0.0995. The number of benzene rings is 1. The molecule has 0 aliphatic rings. The summed E-state index contributed by atoms with van der Waals surface area (Å²) in [5.41, 5.74) is 5.60. The van der Waals surface area contributed by atoms with E-state index in [0.29, 0.717) is 16.5 Å². The van der Waals surface area contributed by atoms with E-state index in [4.69, 9.17) is 10.5 Å². The van der Waals surface area contributed by atoms with Gasteiger partial charge in [-0.15, -0.1) is 4.91 Å². The highest BCUT2D eigenvalue weighted by molar-refractivity contribution is 6.02. The Bertz CT molecular complexity index is 653. The van der Waals surface area contributed by atoms with Crippen LogP contribution in [0.25, 0.3) is 10.8 Å². The van der Waals surface area contributed by atoms with Crippen molar-refractivity contribution in [2.24, 2.45) is 10.9 Å². The SMILES string of the molecule is CC(C)Oc1cc2c(N=O)nccc2cc1C(N)=O. The van der Waals surface area contributed by atoms with Gasteiger partial charge in [-0.3, -0.25) is 4.79 Å². The van der Waals surface area contributed by atoms with Crippen molar-refractivity contribution in [1.29, 1.82) is 0 Å². The number of nitrogens with two attached hydrogens (primary N) is 1. The topological polar surface area (TPSA) is 94.6 Å². The molecule has 0 saturated carbocycles. The van der Waals surface area contributed by atoms with Gasteiger partial charge in [-0.1, -0.05) is 0 Å². The molecule has 0 saturated heterocycles. The second-order valence-electron chi connectivity index (χ2n) is 4.33. The molecule has 0 spiro atoms. The van der Waals surface area contributed by atoms with E-state index in [1.54, 1.807) is 18.2 Å². The first-order valence-electron chi connectivity index (χ1n) is 5.75. The number of fused-ring (bicyclic) bond motifs is 1. The van der Waals surface area contributed by atoms with E-state index in [-0.39, 0.29) is 17.5 Å². The molecule has 1 aromatic carbocycles. The third kappa shape index (κ3) is 2.52. The summed E-state index contributed by atoms with van der Waals surface area (Å²) in [6.45, 7) is 3.66. The van der Waals surface area contributed by atoms with Crippen LogP contribution in [0.1, 0.15) is 24.2 Å². The van der Waals surface area contributed by atoms with Crippen molar-refractivity contribution in [2.75, 3.05) is 0 Å². The van der Waals surface area contributed by atoms with E-state index in [9.17, 15) is 9.70 Å². The second-order valence-corrected chi connectivity index (χ2v) is 4.33. The smallest absolute Gasteiger partial charge is 0.252 e. The predicted octanol–water partition coefficient (Wildman–Crippen LogP) is 2.52. The Morgan fingerprint density at radius 1 is 1.42 bits per heavy atom. The zero-order valence-electron chi connectivity index (χ0n) is 10.6. The van der Waals surface area contributed by atoms with Crippen molar-refractivity contribution in [3.63, 3.8) is 0 Å². The third-order valence-corrected chi connectivity index (χ3v) is 2.56. The third-order valence-electron chi connectivity index (χ3n) is 2.56. The number of nitroso groups, excluding NO2 is 1. The molecule has 0 fully saturated rings. The Kier molecular flexibility index (Phi) is 3.41. The molecule has 2 rings (SSSR count). The van der Waals surface area contributed by atoms with Gasteiger partial charge in [0.05, 0.1) is 11.7 Å². The van der Waals surface area contributed by atoms with E-state index >= 15 is 0 Å². The lowest BCUT2D eigenvalue weighted by Gasteiger charge is -2.14. The first-order chi connectivity index (χ1) is 9.02. The average molecular weight is 259 g/mol. The van der Waals surface area contributed by atoms with Crippen molar-refractivity contribution in [3.05, 3.63) is 34.9 Å². The Morgan fingerprint density at radius 2 is 2.16 bits per heavy atom. The van der Waals surface area contributed by atoms with Crippen LogP contribution in [0.3, 0.4) is 0 Å². The van der Waals surface area contributed by atoms with Crippen LogP contribution in [0.5, 0.6) is 5.75 Å². The lowest BCUT2D eigenvalue weighted by atomic mass is 10.1. The number of ether oxygens (including phenoxy) is 1. The Morgan fingerprint density at radius 3 is 2.74 bits per heavy atom. The van der Waals surface area contributed by atoms with Gasteiger partial charge in [0.2, 0.25) is 5.82 Å². The Hall–Kier alpha value is -2.50. The highest BCUT2D eigenvalue weighted by atomic mass is 16.5. The molecule has 6 nitrogen and oxygen atoms in total. The minimum atomic E-state index is -0.588. The van der Waals surface area contributed by atoms with Crippen molar-refractivity contribution in [2.45, 2.75) is 20.0 Å². The molecule has 2 N–H and O–H groups in total. The molecule has 0 atom stereocenters. The number of nitrogens with zero attached hydrogens (tertiary/aromatic N) is 2. The Balaban J connectivity index is 2.72. The predicted molar refractivity (Wildman–Crippen MR) is 71.5 cm³/mol. The van der Waals surface area contributed by atoms with Gasteiger partial charge in [-0.2, -0.15) is 0 Å². The molecule has 0 aliphatic carbocycles. The van der Waals surface area contributed by atoms with Gasteiger partial charge in [-0.05, 0) is 42.6 Å². The molecule has 0 bridgehead atoms. The maximum absolute atomic E-state index is 11.4. The van der Waals surface area contributed by atoms with Crippen LogP contribution in [0.2, 0.25) is 0 Å². The second kappa shape index (κ2) is 5.01. The molecule has 19 heavy (non-hydrogen) atoms.